The molecule has 7 rings (SSSR count). The second-order valence-corrected chi connectivity index (χ2v) is 12.2. The highest BCUT2D eigenvalue weighted by Gasteiger charge is 2.26. The molecule has 0 radical (unpaired) electrons. The lowest BCUT2D eigenvalue weighted by atomic mass is 9.87. The number of fused-ring (bicyclic) bond motifs is 7. The average molecular weight is 684 g/mol. The van der Waals surface area contributed by atoms with Crippen molar-refractivity contribution in [2.24, 2.45) is 4.99 Å². The van der Waals surface area contributed by atoms with Gasteiger partial charge in [0, 0.05) is 6.54 Å². The fraction of sp³-hybridized carbons (Fsp3) is 0.214. The van der Waals surface area contributed by atoms with Crippen molar-refractivity contribution < 1.29 is 28.4 Å². The van der Waals surface area contributed by atoms with E-state index in [1.165, 1.54) is 38.2 Å². The maximum atomic E-state index is 5.78. The van der Waals surface area contributed by atoms with Gasteiger partial charge < -0.3 is 39.1 Å². The van der Waals surface area contributed by atoms with Gasteiger partial charge in [0.15, 0.2) is 29.0 Å². The summed E-state index contributed by atoms with van der Waals surface area (Å²) >= 11 is 0. The number of hydrogen-bond acceptors (Lipinski definition) is 9. The molecule has 260 valence electrons. The molecule has 1 heterocycles. The van der Waals surface area contributed by atoms with Crippen molar-refractivity contribution in [3.05, 3.63) is 119 Å². The van der Waals surface area contributed by atoms with Gasteiger partial charge in [-0.1, -0.05) is 72.8 Å². The van der Waals surface area contributed by atoms with Crippen LogP contribution in [0.5, 0.6) is 34.5 Å². The minimum atomic E-state index is -0.480. The smallest absolute Gasteiger partial charge is 0.203 e. The first-order chi connectivity index (χ1) is 25.0. The monoisotopic (exact) mass is 683 g/mol. The topological polar surface area (TPSA) is 91.8 Å². The van der Waals surface area contributed by atoms with Gasteiger partial charge in [0.1, 0.15) is 0 Å². The van der Waals surface area contributed by atoms with Crippen LogP contribution in [0.3, 0.4) is 0 Å². The predicted octanol–water partition coefficient (Wildman–Crippen LogP) is 8.05. The summed E-state index contributed by atoms with van der Waals surface area (Å²) < 4.78 is 34.4. The fourth-order valence-electron chi connectivity index (χ4n) is 7.03. The Morgan fingerprint density at radius 1 is 0.549 bits per heavy atom. The van der Waals surface area contributed by atoms with E-state index in [2.05, 4.69) is 83.4 Å². The number of methoxy groups -OCH3 is 6. The fourth-order valence-corrected chi connectivity index (χ4v) is 7.03. The van der Waals surface area contributed by atoms with E-state index in [0.29, 0.717) is 53.5 Å². The van der Waals surface area contributed by atoms with Gasteiger partial charge in [0.25, 0.3) is 0 Å². The van der Waals surface area contributed by atoms with Gasteiger partial charge in [-0.25, -0.2) is 4.99 Å². The molecule has 1 aliphatic heterocycles. The van der Waals surface area contributed by atoms with Crippen LogP contribution in [-0.4, -0.2) is 48.6 Å². The minimum Gasteiger partial charge on any atom is -0.493 e. The number of benzene rings is 6. The van der Waals surface area contributed by atoms with Crippen LogP contribution in [0.25, 0.3) is 32.7 Å². The molecule has 1 aliphatic rings. The highest BCUT2D eigenvalue weighted by Crippen LogP contribution is 2.45. The van der Waals surface area contributed by atoms with Crippen LogP contribution in [0.2, 0.25) is 0 Å². The standard InChI is InChI=1S/C42H41N3O6/c1-46-33-19-29(20-34(47-2)40(33)50-5)39(30-21-35(48-3)41(51-6)36(22-30)49-4)45-42-43-23-27-17-15-25-11-7-9-13-31(25)37(27)38-28(24-44-42)18-16-26-12-8-10-14-32(26)38/h7-22,39H,23-24H2,1-6H3,(H2,43,44,45). The number of guanidine groups is 1. The zero-order valence-corrected chi connectivity index (χ0v) is 29.6. The second-order valence-electron chi connectivity index (χ2n) is 12.2. The summed E-state index contributed by atoms with van der Waals surface area (Å²) in [6, 6.07) is 33.2. The Labute approximate surface area is 297 Å². The van der Waals surface area contributed by atoms with Gasteiger partial charge in [-0.3, -0.25) is 0 Å². The predicted molar refractivity (Wildman–Crippen MR) is 202 cm³/mol. The summed E-state index contributed by atoms with van der Waals surface area (Å²) in [5.74, 6) is 3.71. The third-order valence-corrected chi connectivity index (χ3v) is 9.46. The maximum absolute atomic E-state index is 5.78. The molecule has 0 spiro atoms. The number of hydrogen-bond donors (Lipinski definition) is 2. The SMILES string of the molecule is COc1cc(C(NC2=NCc3ccc4ccccc4c3-c3c(ccc4ccccc34)CN2)c2cc(OC)c(OC)c(OC)c2)cc(OC)c1OC. The maximum Gasteiger partial charge on any atom is 0.203 e. The van der Waals surface area contributed by atoms with Crippen molar-refractivity contribution in [1.82, 2.24) is 10.6 Å². The van der Waals surface area contributed by atoms with E-state index in [-0.39, 0.29) is 0 Å². The normalized spacial score (nSPS) is 12.4. The molecule has 0 saturated heterocycles. The van der Waals surface area contributed by atoms with Crippen LogP contribution in [0.1, 0.15) is 28.3 Å². The first-order valence-corrected chi connectivity index (χ1v) is 16.7. The van der Waals surface area contributed by atoms with E-state index < -0.39 is 6.04 Å². The number of nitrogens with one attached hydrogen (secondary N) is 2. The summed E-state index contributed by atoms with van der Waals surface area (Å²) in [6.07, 6.45) is 0. The first-order valence-electron chi connectivity index (χ1n) is 16.7. The molecular formula is C42H41N3O6. The van der Waals surface area contributed by atoms with E-state index in [1.54, 1.807) is 42.7 Å². The lowest BCUT2D eigenvalue weighted by molar-refractivity contribution is 0.322. The van der Waals surface area contributed by atoms with Crippen LogP contribution >= 0.6 is 0 Å². The lowest BCUT2D eigenvalue weighted by Crippen LogP contribution is -2.39. The Bertz CT molecular complexity index is 2150. The summed E-state index contributed by atoms with van der Waals surface area (Å²) in [5, 5.41) is 12.2. The van der Waals surface area contributed by atoms with Crippen LogP contribution < -0.4 is 39.1 Å². The van der Waals surface area contributed by atoms with E-state index in [0.717, 1.165) is 16.7 Å². The molecular weight excluding hydrogens is 642 g/mol. The highest BCUT2D eigenvalue weighted by atomic mass is 16.5. The Morgan fingerprint density at radius 2 is 1.00 bits per heavy atom. The summed E-state index contributed by atoms with van der Waals surface area (Å²) in [6.45, 7) is 0.973. The van der Waals surface area contributed by atoms with Crippen molar-refractivity contribution in [2.75, 3.05) is 42.7 Å². The van der Waals surface area contributed by atoms with Crippen molar-refractivity contribution in [3.63, 3.8) is 0 Å². The zero-order valence-electron chi connectivity index (χ0n) is 29.6. The number of ether oxygens (including phenoxy) is 6. The number of aliphatic imine (C=N–C) groups is 1. The molecule has 0 aromatic heterocycles. The molecule has 9 nitrogen and oxygen atoms in total. The van der Waals surface area contributed by atoms with E-state index >= 15 is 0 Å². The van der Waals surface area contributed by atoms with Crippen molar-refractivity contribution in [1.29, 1.82) is 0 Å². The largest absolute Gasteiger partial charge is 0.493 e. The molecule has 0 aliphatic carbocycles. The summed E-state index contributed by atoms with van der Waals surface area (Å²) in [4.78, 5) is 5.20. The number of nitrogens with zero attached hydrogens (tertiary/aromatic N) is 1. The molecule has 0 unspecified atom stereocenters. The van der Waals surface area contributed by atoms with Gasteiger partial charge in [0.05, 0.1) is 55.2 Å². The Morgan fingerprint density at radius 3 is 1.47 bits per heavy atom. The Balaban J connectivity index is 1.40. The minimum absolute atomic E-state index is 0.440. The van der Waals surface area contributed by atoms with Crippen molar-refractivity contribution >= 4 is 27.5 Å². The number of rotatable bonds is 9. The highest BCUT2D eigenvalue weighted by molar-refractivity contribution is 6.08. The van der Waals surface area contributed by atoms with Crippen molar-refractivity contribution in [3.8, 4) is 45.6 Å². The molecule has 9 heteroatoms. The van der Waals surface area contributed by atoms with E-state index in [4.69, 9.17) is 33.4 Å². The third-order valence-electron chi connectivity index (χ3n) is 9.46. The molecule has 2 N–H and O–H groups in total. The molecule has 0 bridgehead atoms. The van der Waals surface area contributed by atoms with Gasteiger partial charge in [-0.15, -0.1) is 0 Å². The average Bonchev–Trinajstić information content (AvgIpc) is 3.26. The summed E-state index contributed by atoms with van der Waals surface area (Å²) in [7, 11) is 9.61. The van der Waals surface area contributed by atoms with Crippen LogP contribution in [0.15, 0.2) is 102 Å². The molecule has 0 saturated carbocycles. The van der Waals surface area contributed by atoms with E-state index in [9.17, 15) is 0 Å². The van der Waals surface area contributed by atoms with E-state index in [1.807, 2.05) is 24.3 Å². The molecule has 0 atom stereocenters. The van der Waals surface area contributed by atoms with Crippen LogP contribution in [0, 0.1) is 0 Å². The van der Waals surface area contributed by atoms with Gasteiger partial charge in [-0.05, 0) is 79.2 Å². The molecule has 51 heavy (non-hydrogen) atoms. The molecule has 0 fully saturated rings. The van der Waals surface area contributed by atoms with Crippen LogP contribution in [-0.2, 0) is 13.1 Å². The van der Waals surface area contributed by atoms with Gasteiger partial charge in [0.2, 0.25) is 11.5 Å². The summed E-state index contributed by atoms with van der Waals surface area (Å²) in [5.41, 5.74) is 6.39. The molecule has 6 aromatic carbocycles. The molecule has 6 aromatic rings. The van der Waals surface area contributed by atoms with Gasteiger partial charge >= 0.3 is 0 Å². The second kappa shape index (κ2) is 14.4. The van der Waals surface area contributed by atoms with Crippen molar-refractivity contribution in [2.45, 2.75) is 19.1 Å². The van der Waals surface area contributed by atoms with Crippen LogP contribution in [0.4, 0.5) is 0 Å². The van der Waals surface area contributed by atoms with Gasteiger partial charge in [-0.2, -0.15) is 0 Å². The Kier molecular flexibility index (Phi) is 9.44. The third kappa shape index (κ3) is 6.16. The quantitative estimate of drug-likeness (QED) is 0.158. The zero-order chi connectivity index (χ0) is 35.5. The lowest BCUT2D eigenvalue weighted by Gasteiger charge is -2.26. The first kappa shape index (κ1) is 33.4. The Hall–Kier alpha value is -6.09. The molecule has 0 amide bonds.